The Kier molecular flexibility index (Phi) is 4.81. The molecule has 0 heterocycles. The fourth-order valence-electron chi connectivity index (χ4n) is 2.04. The van der Waals surface area contributed by atoms with Gasteiger partial charge in [0.1, 0.15) is 10.7 Å². The molecule has 0 radical (unpaired) electrons. The molecule has 116 valence electrons. The third-order valence-electron chi connectivity index (χ3n) is 3.35. The molecule has 0 aliphatic heterocycles. The van der Waals surface area contributed by atoms with Crippen LogP contribution in [-0.2, 0) is 16.6 Å². The normalized spacial score (nSPS) is 15.4. The molecular weight excluding hydrogens is 291 g/mol. The second kappa shape index (κ2) is 6.25. The highest BCUT2D eigenvalue weighted by atomic mass is 32.2. The van der Waals surface area contributed by atoms with Crippen LogP contribution in [0.4, 0.5) is 4.39 Å². The fraction of sp³-hybridized carbons (Fsp3) is 0.467. The molecule has 1 N–H and O–H groups in total. The van der Waals surface area contributed by atoms with Crippen LogP contribution in [0.2, 0.25) is 0 Å². The zero-order valence-corrected chi connectivity index (χ0v) is 13.2. The molecule has 6 heteroatoms. The Hall–Kier alpha value is -1.24. The first-order chi connectivity index (χ1) is 9.80. The van der Waals surface area contributed by atoms with E-state index in [2.05, 4.69) is 11.9 Å². The number of benzene rings is 1. The molecule has 0 spiro atoms. The molecule has 1 aromatic rings. The van der Waals surface area contributed by atoms with Gasteiger partial charge in [-0.05, 0) is 37.5 Å². The number of sulfonamides is 1. The number of hydrogen-bond donors (Lipinski definition) is 1. The Bertz CT molecular complexity index is 639. The van der Waals surface area contributed by atoms with Crippen LogP contribution in [0.1, 0.15) is 25.3 Å². The summed E-state index contributed by atoms with van der Waals surface area (Å²) in [6.07, 6.45) is 2.29. The van der Waals surface area contributed by atoms with E-state index in [1.165, 1.54) is 19.2 Å². The Morgan fingerprint density at radius 2 is 2.14 bits per heavy atom. The van der Waals surface area contributed by atoms with E-state index < -0.39 is 15.8 Å². The first kappa shape index (κ1) is 16.1. The van der Waals surface area contributed by atoms with Crippen LogP contribution in [0.15, 0.2) is 35.2 Å². The summed E-state index contributed by atoms with van der Waals surface area (Å²) in [5.41, 5.74) is 1.47. The Morgan fingerprint density at radius 3 is 2.71 bits per heavy atom. The smallest absolute Gasteiger partial charge is 0.246 e. The summed E-state index contributed by atoms with van der Waals surface area (Å²) in [5, 5.41) is 3.29. The number of nitrogens with zero attached hydrogens (tertiary/aromatic N) is 1. The van der Waals surface area contributed by atoms with Crippen LogP contribution in [0.5, 0.6) is 0 Å². The minimum absolute atomic E-state index is 0.173. The molecule has 2 rings (SSSR count). The van der Waals surface area contributed by atoms with E-state index in [1.54, 1.807) is 13.0 Å². The van der Waals surface area contributed by atoms with Crippen LogP contribution in [0, 0.1) is 5.82 Å². The van der Waals surface area contributed by atoms with Crippen LogP contribution < -0.4 is 5.32 Å². The number of hydrogen-bond acceptors (Lipinski definition) is 3. The largest absolute Gasteiger partial charge is 0.310 e. The van der Waals surface area contributed by atoms with E-state index in [4.69, 9.17) is 0 Å². The van der Waals surface area contributed by atoms with Crippen LogP contribution in [-0.4, -0.2) is 32.4 Å². The number of likely N-dealkylation sites (N-methyl/N-ethyl adjacent to an activating group) is 1. The molecule has 1 aliphatic rings. The lowest BCUT2D eigenvalue weighted by molar-refractivity contribution is 0.483. The van der Waals surface area contributed by atoms with Gasteiger partial charge in [-0.3, -0.25) is 0 Å². The molecule has 4 nitrogen and oxygen atoms in total. The zero-order chi connectivity index (χ0) is 15.6. The molecule has 1 saturated carbocycles. The number of rotatable bonds is 7. The van der Waals surface area contributed by atoms with Gasteiger partial charge >= 0.3 is 0 Å². The SMILES string of the molecule is C=C(C)CN(C)S(=O)(=O)c1cc(CNC2CC2)ccc1F. The van der Waals surface area contributed by atoms with E-state index in [9.17, 15) is 12.8 Å². The second-order valence-electron chi connectivity index (χ2n) is 5.64. The Balaban J connectivity index is 2.23. The zero-order valence-electron chi connectivity index (χ0n) is 12.4. The van der Waals surface area contributed by atoms with Crippen molar-refractivity contribution in [1.82, 2.24) is 9.62 Å². The third-order valence-corrected chi connectivity index (χ3v) is 5.17. The summed E-state index contributed by atoms with van der Waals surface area (Å²) in [5.74, 6) is -0.723. The summed E-state index contributed by atoms with van der Waals surface area (Å²) in [4.78, 5) is -0.277. The van der Waals surface area contributed by atoms with Crippen LogP contribution >= 0.6 is 0 Å². The third kappa shape index (κ3) is 4.12. The summed E-state index contributed by atoms with van der Waals surface area (Å²) < 4.78 is 39.9. The first-order valence-electron chi connectivity index (χ1n) is 6.93. The maximum Gasteiger partial charge on any atom is 0.246 e. The van der Waals surface area contributed by atoms with Gasteiger partial charge in [0, 0.05) is 26.2 Å². The molecule has 0 atom stereocenters. The van der Waals surface area contributed by atoms with E-state index in [1.807, 2.05) is 0 Å². The minimum Gasteiger partial charge on any atom is -0.310 e. The molecule has 0 bridgehead atoms. The topological polar surface area (TPSA) is 49.4 Å². The van der Waals surface area contributed by atoms with Gasteiger partial charge in [0.15, 0.2) is 0 Å². The summed E-state index contributed by atoms with van der Waals surface area (Å²) in [6, 6.07) is 4.75. The quantitative estimate of drug-likeness (QED) is 0.786. The Labute approximate surface area is 125 Å². The predicted octanol–water partition coefficient (Wildman–Crippen LogP) is 2.27. The van der Waals surface area contributed by atoms with Crippen molar-refractivity contribution in [3.63, 3.8) is 0 Å². The Morgan fingerprint density at radius 1 is 1.48 bits per heavy atom. The minimum atomic E-state index is -3.84. The fourth-order valence-corrected chi connectivity index (χ4v) is 3.38. The molecule has 0 saturated heterocycles. The lowest BCUT2D eigenvalue weighted by atomic mass is 10.2. The highest BCUT2D eigenvalue weighted by Crippen LogP contribution is 2.22. The molecule has 0 amide bonds. The van der Waals surface area contributed by atoms with Gasteiger partial charge in [0.2, 0.25) is 10.0 Å². The predicted molar refractivity (Wildman–Crippen MR) is 80.9 cm³/mol. The molecule has 1 aliphatic carbocycles. The van der Waals surface area contributed by atoms with Crippen LogP contribution in [0.25, 0.3) is 0 Å². The van der Waals surface area contributed by atoms with Crippen molar-refractivity contribution in [1.29, 1.82) is 0 Å². The van der Waals surface area contributed by atoms with Gasteiger partial charge in [0.05, 0.1) is 0 Å². The molecule has 21 heavy (non-hydrogen) atoms. The number of halogens is 1. The van der Waals surface area contributed by atoms with Crippen molar-refractivity contribution < 1.29 is 12.8 Å². The average Bonchev–Trinajstić information content (AvgIpc) is 3.20. The van der Waals surface area contributed by atoms with Gasteiger partial charge < -0.3 is 5.32 Å². The van der Waals surface area contributed by atoms with Crippen molar-refractivity contribution in [3.8, 4) is 0 Å². The van der Waals surface area contributed by atoms with Crippen molar-refractivity contribution in [2.75, 3.05) is 13.6 Å². The summed E-state index contributed by atoms with van der Waals surface area (Å²) >= 11 is 0. The standard InChI is InChI=1S/C15H21FN2O2S/c1-11(2)10-18(3)21(19,20)15-8-12(4-7-14(15)16)9-17-13-5-6-13/h4,7-8,13,17H,1,5-6,9-10H2,2-3H3. The maximum absolute atomic E-state index is 13.9. The monoisotopic (exact) mass is 312 g/mol. The number of nitrogens with one attached hydrogen (secondary N) is 1. The maximum atomic E-state index is 13.9. The van der Waals surface area contributed by atoms with E-state index >= 15 is 0 Å². The average molecular weight is 312 g/mol. The summed E-state index contributed by atoms with van der Waals surface area (Å²) in [7, 11) is -2.41. The van der Waals surface area contributed by atoms with Crippen molar-refractivity contribution in [3.05, 3.63) is 41.7 Å². The van der Waals surface area contributed by atoms with E-state index in [0.29, 0.717) is 18.2 Å². The lowest BCUT2D eigenvalue weighted by Crippen LogP contribution is -2.29. The molecule has 1 aromatic carbocycles. The van der Waals surface area contributed by atoms with E-state index in [-0.39, 0.29) is 11.4 Å². The van der Waals surface area contributed by atoms with Crippen molar-refractivity contribution >= 4 is 10.0 Å². The summed E-state index contributed by atoms with van der Waals surface area (Å²) in [6.45, 7) is 6.15. The van der Waals surface area contributed by atoms with Gasteiger partial charge in [-0.15, -0.1) is 0 Å². The van der Waals surface area contributed by atoms with Gasteiger partial charge in [-0.1, -0.05) is 18.2 Å². The lowest BCUT2D eigenvalue weighted by Gasteiger charge is -2.18. The molecular formula is C15H21FN2O2S. The van der Waals surface area contributed by atoms with Crippen molar-refractivity contribution in [2.24, 2.45) is 0 Å². The van der Waals surface area contributed by atoms with Gasteiger partial charge in [0.25, 0.3) is 0 Å². The first-order valence-corrected chi connectivity index (χ1v) is 8.37. The molecule has 0 unspecified atom stereocenters. The van der Waals surface area contributed by atoms with Crippen molar-refractivity contribution in [2.45, 2.75) is 37.2 Å². The van der Waals surface area contributed by atoms with Gasteiger partial charge in [-0.2, -0.15) is 4.31 Å². The molecule has 0 aromatic heterocycles. The molecule has 1 fully saturated rings. The van der Waals surface area contributed by atoms with Crippen LogP contribution in [0.3, 0.4) is 0 Å². The second-order valence-corrected chi connectivity index (χ2v) is 7.65. The van der Waals surface area contributed by atoms with E-state index in [0.717, 1.165) is 22.7 Å². The highest BCUT2D eigenvalue weighted by Gasteiger charge is 2.25. The highest BCUT2D eigenvalue weighted by molar-refractivity contribution is 7.89. The van der Waals surface area contributed by atoms with Gasteiger partial charge in [-0.25, -0.2) is 12.8 Å².